The summed E-state index contributed by atoms with van der Waals surface area (Å²) < 4.78 is 10.8. The highest BCUT2D eigenvalue weighted by Gasteiger charge is 2.17. The van der Waals surface area contributed by atoms with Gasteiger partial charge in [-0.1, -0.05) is 0 Å². The SMILES string of the molecule is CCOc1ncnc(N2CCCOCC2)c1N. The van der Waals surface area contributed by atoms with Gasteiger partial charge < -0.3 is 20.1 Å². The van der Waals surface area contributed by atoms with Crippen LogP contribution in [0.5, 0.6) is 5.88 Å². The molecule has 0 spiro atoms. The molecule has 1 aromatic heterocycles. The van der Waals surface area contributed by atoms with Gasteiger partial charge in [-0.25, -0.2) is 4.98 Å². The van der Waals surface area contributed by atoms with Crippen molar-refractivity contribution in [2.45, 2.75) is 13.3 Å². The van der Waals surface area contributed by atoms with Crippen molar-refractivity contribution in [3.63, 3.8) is 0 Å². The Morgan fingerprint density at radius 2 is 2.29 bits per heavy atom. The second kappa shape index (κ2) is 5.67. The summed E-state index contributed by atoms with van der Waals surface area (Å²) in [5.41, 5.74) is 6.53. The number of nitrogens with zero attached hydrogens (tertiary/aromatic N) is 3. The Kier molecular flexibility index (Phi) is 3.98. The molecule has 0 atom stereocenters. The van der Waals surface area contributed by atoms with Crippen LogP contribution in [0.15, 0.2) is 6.33 Å². The Morgan fingerprint density at radius 1 is 1.41 bits per heavy atom. The van der Waals surface area contributed by atoms with Crippen LogP contribution in [0, 0.1) is 0 Å². The number of nitrogens with two attached hydrogens (primary N) is 1. The highest BCUT2D eigenvalue weighted by Crippen LogP contribution is 2.28. The first-order chi connectivity index (χ1) is 8.33. The number of nitrogen functional groups attached to an aromatic ring is 1. The lowest BCUT2D eigenvalue weighted by Crippen LogP contribution is -2.28. The summed E-state index contributed by atoms with van der Waals surface area (Å²) >= 11 is 0. The molecule has 0 aliphatic carbocycles. The van der Waals surface area contributed by atoms with Gasteiger partial charge in [0.15, 0.2) is 5.82 Å². The molecular weight excluding hydrogens is 220 g/mol. The van der Waals surface area contributed by atoms with Gasteiger partial charge in [0.05, 0.1) is 13.2 Å². The average Bonchev–Trinajstić information content (AvgIpc) is 2.61. The molecule has 2 rings (SSSR count). The maximum atomic E-state index is 6.02. The molecule has 0 saturated carbocycles. The first-order valence-corrected chi connectivity index (χ1v) is 5.89. The van der Waals surface area contributed by atoms with E-state index < -0.39 is 0 Å². The van der Waals surface area contributed by atoms with E-state index in [2.05, 4.69) is 14.9 Å². The van der Waals surface area contributed by atoms with Crippen molar-refractivity contribution in [1.82, 2.24) is 9.97 Å². The van der Waals surface area contributed by atoms with E-state index in [9.17, 15) is 0 Å². The van der Waals surface area contributed by atoms with Crippen LogP contribution in [0.2, 0.25) is 0 Å². The number of anilines is 2. The summed E-state index contributed by atoms with van der Waals surface area (Å²) in [5.74, 6) is 1.21. The zero-order valence-electron chi connectivity index (χ0n) is 10.1. The highest BCUT2D eigenvalue weighted by atomic mass is 16.5. The van der Waals surface area contributed by atoms with Gasteiger partial charge in [0.1, 0.15) is 12.0 Å². The molecule has 2 heterocycles. The van der Waals surface area contributed by atoms with E-state index in [1.807, 2.05) is 6.92 Å². The zero-order chi connectivity index (χ0) is 12.1. The molecule has 17 heavy (non-hydrogen) atoms. The number of rotatable bonds is 3. The first kappa shape index (κ1) is 11.9. The Bertz CT molecular complexity index is 364. The van der Waals surface area contributed by atoms with Gasteiger partial charge in [-0.3, -0.25) is 0 Å². The van der Waals surface area contributed by atoms with Crippen LogP contribution in [-0.2, 0) is 4.74 Å². The maximum Gasteiger partial charge on any atom is 0.242 e. The summed E-state index contributed by atoms with van der Waals surface area (Å²) in [7, 11) is 0. The summed E-state index contributed by atoms with van der Waals surface area (Å²) in [4.78, 5) is 10.4. The minimum atomic E-state index is 0.461. The number of ether oxygens (including phenoxy) is 2. The molecule has 1 aliphatic heterocycles. The fraction of sp³-hybridized carbons (Fsp3) is 0.636. The van der Waals surface area contributed by atoms with E-state index in [1.165, 1.54) is 6.33 Å². The van der Waals surface area contributed by atoms with Gasteiger partial charge in [-0.05, 0) is 13.3 Å². The van der Waals surface area contributed by atoms with Gasteiger partial charge >= 0.3 is 0 Å². The molecule has 6 nitrogen and oxygen atoms in total. The van der Waals surface area contributed by atoms with Crippen LogP contribution in [-0.4, -0.2) is 42.9 Å². The summed E-state index contributed by atoms with van der Waals surface area (Å²) in [6.07, 6.45) is 2.47. The Balaban J connectivity index is 2.21. The van der Waals surface area contributed by atoms with Crippen molar-refractivity contribution >= 4 is 11.5 Å². The molecule has 2 N–H and O–H groups in total. The summed E-state index contributed by atoms with van der Waals surface area (Å²) in [6, 6.07) is 0. The molecule has 1 fully saturated rings. The average molecular weight is 238 g/mol. The van der Waals surface area contributed by atoms with Crippen LogP contribution in [0.25, 0.3) is 0 Å². The van der Waals surface area contributed by atoms with Gasteiger partial charge in [-0.15, -0.1) is 0 Å². The minimum Gasteiger partial charge on any atom is -0.476 e. The quantitative estimate of drug-likeness (QED) is 0.835. The van der Waals surface area contributed by atoms with Gasteiger partial charge in [-0.2, -0.15) is 4.98 Å². The van der Waals surface area contributed by atoms with Crippen LogP contribution in [0.4, 0.5) is 11.5 Å². The Morgan fingerprint density at radius 3 is 3.12 bits per heavy atom. The lowest BCUT2D eigenvalue weighted by atomic mass is 10.3. The molecule has 94 valence electrons. The molecular formula is C11H18N4O2. The summed E-state index contributed by atoms with van der Waals surface area (Å²) in [5, 5.41) is 0. The van der Waals surface area contributed by atoms with E-state index in [0.29, 0.717) is 24.8 Å². The lowest BCUT2D eigenvalue weighted by Gasteiger charge is -2.22. The number of hydrogen-bond acceptors (Lipinski definition) is 6. The van der Waals surface area contributed by atoms with Gasteiger partial charge in [0.25, 0.3) is 0 Å². The second-order valence-electron chi connectivity index (χ2n) is 3.80. The van der Waals surface area contributed by atoms with Gasteiger partial charge in [0, 0.05) is 19.7 Å². The molecule has 0 unspecified atom stereocenters. The third-order valence-electron chi connectivity index (χ3n) is 2.63. The summed E-state index contributed by atoms with van der Waals surface area (Å²) in [6.45, 7) is 5.64. The van der Waals surface area contributed by atoms with Crippen molar-refractivity contribution in [3.8, 4) is 5.88 Å². The van der Waals surface area contributed by atoms with E-state index in [1.54, 1.807) is 0 Å². The molecule has 1 aliphatic rings. The monoisotopic (exact) mass is 238 g/mol. The fourth-order valence-electron chi connectivity index (χ4n) is 1.83. The Labute approximate surface area is 101 Å². The number of hydrogen-bond donors (Lipinski definition) is 1. The highest BCUT2D eigenvalue weighted by molar-refractivity contribution is 5.67. The molecule has 0 aromatic carbocycles. The van der Waals surface area contributed by atoms with Crippen molar-refractivity contribution in [2.24, 2.45) is 0 Å². The minimum absolute atomic E-state index is 0.461. The largest absolute Gasteiger partial charge is 0.476 e. The lowest BCUT2D eigenvalue weighted by molar-refractivity contribution is 0.152. The zero-order valence-corrected chi connectivity index (χ0v) is 10.1. The number of aromatic nitrogens is 2. The van der Waals surface area contributed by atoms with E-state index in [0.717, 1.165) is 31.9 Å². The Hall–Kier alpha value is -1.56. The van der Waals surface area contributed by atoms with Crippen LogP contribution >= 0.6 is 0 Å². The predicted molar refractivity (Wildman–Crippen MR) is 65.3 cm³/mol. The van der Waals surface area contributed by atoms with Crippen molar-refractivity contribution in [2.75, 3.05) is 43.5 Å². The van der Waals surface area contributed by atoms with E-state index >= 15 is 0 Å². The molecule has 0 radical (unpaired) electrons. The molecule has 1 aromatic rings. The second-order valence-corrected chi connectivity index (χ2v) is 3.80. The predicted octanol–water partition coefficient (Wildman–Crippen LogP) is 0.684. The van der Waals surface area contributed by atoms with Crippen molar-refractivity contribution < 1.29 is 9.47 Å². The topological polar surface area (TPSA) is 73.5 Å². The van der Waals surface area contributed by atoms with Crippen LogP contribution in [0.3, 0.4) is 0 Å². The van der Waals surface area contributed by atoms with Crippen molar-refractivity contribution in [1.29, 1.82) is 0 Å². The third-order valence-corrected chi connectivity index (χ3v) is 2.63. The molecule has 0 bridgehead atoms. The smallest absolute Gasteiger partial charge is 0.242 e. The molecule has 0 amide bonds. The standard InChI is InChI=1S/C11H18N4O2/c1-2-17-11-9(12)10(13-8-14-11)15-4-3-6-16-7-5-15/h8H,2-7,12H2,1H3. The van der Waals surface area contributed by atoms with Gasteiger partial charge in [0.2, 0.25) is 5.88 Å². The maximum absolute atomic E-state index is 6.02. The van der Waals surface area contributed by atoms with E-state index in [4.69, 9.17) is 15.2 Å². The fourth-order valence-corrected chi connectivity index (χ4v) is 1.83. The normalized spacial score (nSPS) is 16.6. The molecule has 6 heteroatoms. The first-order valence-electron chi connectivity index (χ1n) is 5.89. The van der Waals surface area contributed by atoms with Crippen LogP contribution < -0.4 is 15.4 Å². The van der Waals surface area contributed by atoms with E-state index in [-0.39, 0.29) is 0 Å². The van der Waals surface area contributed by atoms with Crippen molar-refractivity contribution in [3.05, 3.63) is 6.33 Å². The third kappa shape index (κ3) is 2.76. The van der Waals surface area contributed by atoms with Crippen LogP contribution in [0.1, 0.15) is 13.3 Å². The molecule has 1 saturated heterocycles.